The van der Waals surface area contributed by atoms with Gasteiger partial charge in [0.1, 0.15) is 0 Å². The third-order valence-electron chi connectivity index (χ3n) is 4.59. The Morgan fingerprint density at radius 3 is 2.69 bits per heavy atom. The predicted molar refractivity (Wildman–Crippen MR) is 119 cm³/mol. The molecule has 29 heavy (non-hydrogen) atoms. The first-order chi connectivity index (χ1) is 14.1. The number of nitro groups is 1. The second-order valence-electron chi connectivity index (χ2n) is 6.42. The molecule has 4 aromatic rings. The lowest BCUT2D eigenvalue weighted by molar-refractivity contribution is -0.384. The number of hydrogen-bond acceptors (Lipinski definition) is 5. The van der Waals surface area contributed by atoms with Gasteiger partial charge < -0.3 is 4.57 Å². The summed E-state index contributed by atoms with van der Waals surface area (Å²) in [5.41, 5.74) is 1.39. The van der Waals surface area contributed by atoms with Crippen LogP contribution in [0.3, 0.4) is 0 Å². The Bertz CT molecular complexity index is 1310. The molecule has 0 aliphatic heterocycles. The smallest absolute Gasteiger partial charge is 0.279 e. The molecule has 0 bridgehead atoms. The average molecular weight is 424 g/mol. The molecule has 0 N–H and O–H groups in total. The Morgan fingerprint density at radius 2 is 1.93 bits per heavy atom. The standard InChI is InChI=1S/C21H17N3O3S2/c1-28-11-10-23-18-9-8-17(24(26)27)13-19(18)29-21(23)22-20(25)16-7-6-14-4-2-3-5-15(14)12-16/h2-9,12-13H,10-11H2,1H3. The molecule has 1 amide bonds. The quantitative estimate of drug-likeness (QED) is 0.339. The Balaban J connectivity index is 1.82. The number of benzene rings is 3. The van der Waals surface area contributed by atoms with Gasteiger partial charge in [-0.25, -0.2) is 0 Å². The molecule has 8 heteroatoms. The van der Waals surface area contributed by atoms with Gasteiger partial charge in [-0.15, -0.1) is 0 Å². The summed E-state index contributed by atoms with van der Waals surface area (Å²) >= 11 is 2.99. The van der Waals surface area contributed by atoms with E-state index in [4.69, 9.17) is 0 Å². The van der Waals surface area contributed by atoms with E-state index in [1.165, 1.54) is 23.5 Å². The molecule has 0 aliphatic rings. The van der Waals surface area contributed by atoms with Gasteiger partial charge in [0, 0.05) is 30.0 Å². The van der Waals surface area contributed by atoms with Crippen LogP contribution in [0.15, 0.2) is 65.7 Å². The van der Waals surface area contributed by atoms with Crippen molar-refractivity contribution in [2.75, 3.05) is 12.0 Å². The minimum absolute atomic E-state index is 0.0307. The first kappa shape index (κ1) is 19.4. The van der Waals surface area contributed by atoms with Crippen molar-refractivity contribution in [2.45, 2.75) is 6.54 Å². The molecule has 1 aromatic heterocycles. The highest BCUT2D eigenvalue weighted by atomic mass is 32.2. The van der Waals surface area contributed by atoms with Crippen LogP contribution in [-0.2, 0) is 6.54 Å². The van der Waals surface area contributed by atoms with E-state index in [1.54, 1.807) is 23.9 Å². The molecule has 1 heterocycles. The van der Waals surface area contributed by atoms with Crippen molar-refractivity contribution in [1.82, 2.24) is 4.57 Å². The Labute approximate surface area is 174 Å². The number of hydrogen-bond donors (Lipinski definition) is 0. The van der Waals surface area contributed by atoms with Crippen LogP contribution in [0.25, 0.3) is 21.0 Å². The summed E-state index contributed by atoms with van der Waals surface area (Å²) in [7, 11) is 0. The molecule has 6 nitrogen and oxygen atoms in total. The first-order valence-electron chi connectivity index (χ1n) is 8.91. The van der Waals surface area contributed by atoms with Crippen LogP contribution in [0.1, 0.15) is 10.4 Å². The molecular formula is C21H17N3O3S2. The lowest BCUT2D eigenvalue weighted by Gasteiger charge is -2.04. The number of carbonyl (C=O) groups excluding carboxylic acids is 1. The molecule has 0 saturated carbocycles. The summed E-state index contributed by atoms with van der Waals surface area (Å²) in [6.45, 7) is 0.669. The van der Waals surface area contributed by atoms with Crippen LogP contribution >= 0.6 is 23.1 Å². The molecule has 0 saturated heterocycles. The van der Waals surface area contributed by atoms with Gasteiger partial charge in [-0.05, 0) is 35.2 Å². The van der Waals surface area contributed by atoms with E-state index < -0.39 is 4.92 Å². The number of aryl methyl sites for hydroxylation is 1. The van der Waals surface area contributed by atoms with Crippen molar-refractivity contribution in [3.05, 3.63) is 81.1 Å². The fraction of sp³-hybridized carbons (Fsp3) is 0.143. The number of rotatable bonds is 5. The van der Waals surface area contributed by atoms with Gasteiger partial charge in [-0.3, -0.25) is 14.9 Å². The molecule has 0 unspecified atom stereocenters. The largest absolute Gasteiger partial charge is 0.315 e. The molecule has 3 aromatic carbocycles. The van der Waals surface area contributed by atoms with Crippen LogP contribution in [0.2, 0.25) is 0 Å². The van der Waals surface area contributed by atoms with Gasteiger partial charge in [-0.1, -0.05) is 41.7 Å². The molecule has 0 spiro atoms. The first-order valence-corrected chi connectivity index (χ1v) is 11.1. The number of amides is 1. The fourth-order valence-corrected chi connectivity index (χ4v) is 4.59. The number of aromatic nitrogens is 1. The van der Waals surface area contributed by atoms with Crippen LogP contribution in [0.5, 0.6) is 0 Å². The van der Waals surface area contributed by atoms with Crippen molar-refractivity contribution >= 4 is 55.7 Å². The highest BCUT2D eigenvalue weighted by molar-refractivity contribution is 7.98. The number of non-ortho nitro benzene ring substituents is 1. The number of thioether (sulfide) groups is 1. The number of nitro benzene ring substituents is 1. The third-order valence-corrected chi connectivity index (χ3v) is 6.22. The van der Waals surface area contributed by atoms with Gasteiger partial charge in [0.05, 0.1) is 15.1 Å². The third kappa shape index (κ3) is 3.94. The second kappa shape index (κ2) is 8.18. The topological polar surface area (TPSA) is 77.5 Å². The maximum absolute atomic E-state index is 12.8. The molecule has 0 radical (unpaired) electrons. The van der Waals surface area contributed by atoms with Crippen molar-refractivity contribution in [2.24, 2.45) is 4.99 Å². The zero-order valence-corrected chi connectivity index (χ0v) is 17.2. The van der Waals surface area contributed by atoms with E-state index >= 15 is 0 Å². The minimum atomic E-state index is -0.414. The van der Waals surface area contributed by atoms with E-state index in [0.29, 0.717) is 16.9 Å². The van der Waals surface area contributed by atoms with E-state index in [-0.39, 0.29) is 11.6 Å². The van der Waals surface area contributed by atoms with Crippen molar-refractivity contribution in [3.8, 4) is 0 Å². The molecule has 4 rings (SSSR count). The number of nitrogens with zero attached hydrogens (tertiary/aromatic N) is 3. The van der Waals surface area contributed by atoms with E-state index in [1.807, 2.05) is 47.2 Å². The van der Waals surface area contributed by atoms with Gasteiger partial charge >= 0.3 is 0 Å². The van der Waals surface area contributed by atoms with Crippen molar-refractivity contribution < 1.29 is 9.72 Å². The molecule has 0 aliphatic carbocycles. The molecule has 0 atom stereocenters. The molecular weight excluding hydrogens is 406 g/mol. The second-order valence-corrected chi connectivity index (χ2v) is 8.41. The summed E-state index contributed by atoms with van der Waals surface area (Å²) in [6, 6.07) is 18.1. The molecule has 146 valence electrons. The maximum Gasteiger partial charge on any atom is 0.279 e. The van der Waals surface area contributed by atoms with Crippen LogP contribution in [0.4, 0.5) is 5.69 Å². The minimum Gasteiger partial charge on any atom is -0.315 e. The van der Waals surface area contributed by atoms with Gasteiger partial charge in [0.15, 0.2) is 4.80 Å². The summed E-state index contributed by atoms with van der Waals surface area (Å²) in [4.78, 5) is 28.4. The zero-order valence-electron chi connectivity index (χ0n) is 15.6. The van der Waals surface area contributed by atoms with E-state index in [9.17, 15) is 14.9 Å². The lowest BCUT2D eigenvalue weighted by Crippen LogP contribution is -2.18. The normalized spacial score (nSPS) is 12.0. The highest BCUT2D eigenvalue weighted by Crippen LogP contribution is 2.24. The SMILES string of the molecule is CSCCn1c(=NC(=O)c2ccc3ccccc3c2)sc2cc([N+](=O)[O-])ccc21. The summed E-state index contributed by atoms with van der Waals surface area (Å²) in [5.74, 6) is 0.523. The zero-order chi connectivity index (χ0) is 20.4. The Morgan fingerprint density at radius 1 is 1.14 bits per heavy atom. The fourth-order valence-electron chi connectivity index (χ4n) is 3.13. The van der Waals surface area contributed by atoms with Crippen LogP contribution in [-0.4, -0.2) is 27.4 Å². The van der Waals surface area contributed by atoms with Crippen LogP contribution < -0.4 is 4.80 Å². The maximum atomic E-state index is 12.8. The van der Waals surface area contributed by atoms with Crippen molar-refractivity contribution in [3.63, 3.8) is 0 Å². The van der Waals surface area contributed by atoms with Gasteiger partial charge in [0.25, 0.3) is 11.6 Å². The summed E-state index contributed by atoms with van der Waals surface area (Å²) in [6.07, 6.45) is 2.01. The van der Waals surface area contributed by atoms with Gasteiger partial charge in [-0.2, -0.15) is 16.8 Å². The lowest BCUT2D eigenvalue weighted by atomic mass is 10.1. The Kier molecular flexibility index (Phi) is 5.46. The van der Waals surface area contributed by atoms with E-state index in [0.717, 1.165) is 26.7 Å². The number of carbonyl (C=O) groups is 1. The monoisotopic (exact) mass is 423 g/mol. The summed E-state index contributed by atoms with van der Waals surface area (Å²) < 4.78 is 2.70. The number of fused-ring (bicyclic) bond motifs is 2. The molecule has 0 fully saturated rings. The van der Waals surface area contributed by atoms with Gasteiger partial charge in [0.2, 0.25) is 0 Å². The average Bonchev–Trinajstić information content (AvgIpc) is 3.07. The van der Waals surface area contributed by atoms with Crippen LogP contribution in [0, 0.1) is 10.1 Å². The van der Waals surface area contributed by atoms with Crippen molar-refractivity contribution in [1.29, 1.82) is 0 Å². The predicted octanol–water partition coefficient (Wildman–Crippen LogP) is 4.87. The van der Waals surface area contributed by atoms with E-state index in [2.05, 4.69) is 4.99 Å². The highest BCUT2D eigenvalue weighted by Gasteiger charge is 2.13. The number of thiazole rings is 1. The summed E-state index contributed by atoms with van der Waals surface area (Å²) in [5, 5.41) is 13.1. The Hall–Kier alpha value is -2.97.